The number of carbonyl (C=O) groups excluding carboxylic acids is 2. The van der Waals surface area contributed by atoms with Gasteiger partial charge in [-0.05, 0) is 55.3 Å². The number of imide groups is 1. The highest BCUT2D eigenvalue weighted by atomic mass is 35.5. The number of benzene rings is 2. The first-order chi connectivity index (χ1) is 12.2. The molecule has 1 aliphatic rings. The zero-order valence-electron chi connectivity index (χ0n) is 14.2. The zero-order chi connectivity index (χ0) is 19.1. The quantitative estimate of drug-likeness (QED) is 0.792. The first-order valence-electron chi connectivity index (χ1n) is 7.93. The summed E-state index contributed by atoms with van der Waals surface area (Å²) in [5, 5.41) is 0.363. The van der Waals surface area contributed by atoms with E-state index in [1.807, 2.05) is 13.8 Å². The van der Waals surface area contributed by atoms with Crippen molar-refractivity contribution in [2.24, 2.45) is 0 Å². The number of hydrogen-bond donors (Lipinski definition) is 1. The molecular formula is C18H17ClN2O4S. The Morgan fingerprint density at radius 1 is 0.962 bits per heavy atom. The van der Waals surface area contributed by atoms with Gasteiger partial charge >= 0.3 is 0 Å². The molecule has 0 aromatic heterocycles. The lowest BCUT2D eigenvalue weighted by Crippen LogP contribution is -2.38. The number of nitrogens with one attached hydrogen (secondary N) is 1. The number of rotatable bonds is 5. The van der Waals surface area contributed by atoms with Crippen LogP contribution in [0.15, 0.2) is 41.3 Å². The van der Waals surface area contributed by atoms with Crippen LogP contribution in [0.4, 0.5) is 0 Å². The number of halogens is 1. The summed E-state index contributed by atoms with van der Waals surface area (Å²) in [6, 6.07) is 9.32. The van der Waals surface area contributed by atoms with Crippen LogP contribution in [0.25, 0.3) is 0 Å². The fourth-order valence-electron chi connectivity index (χ4n) is 2.72. The van der Waals surface area contributed by atoms with Gasteiger partial charge in [0.1, 0.15) is 0 Å². The fraction of sp³-hybridized carbons (Fsp3) is 0.222. The third-order valence-corrected chi connectivity index (χ3v) is 6.04. The summed E-state index contributed by atoms with van der Waals surface area (Å²) in [7, 11) is -3.72. The van der Waals surface area contributed by atoms with E-state index in [4.69, 9.17) is 11.6 Å². The highest BCUT2D eigenvalue weighted by molar-refractivity contribution is 7.89. The Labute approximate surface area is 156 Å². The molecular weight excluding hydrogens is 376 g/mol. The van der Waals surface area contributed by atoms with E-state index in [1.165, 1.54) is 24.3 Å². The molecule has 1 heterocycles. The maximum absolute atomic E-state index is 12.4. The number of aryl methyl sites for hydroxylation is 2. The van der Waals surface area contributed by atoms with Gasteiger partial charge in [-0.3, -0.25) is 14.5 Å². The molecule has 2 amide bonds. The summed E-state index contributed by atoms with van der Waals surface area (Å²) in [6.45, 7) is 3.59. The van der Waals surface area contributed by atoms with Gasteiger partial charge in [-0.2, -0.15) is 0 Å². The molecule has 0 fully saturated rings. The Balaban J connectivity index is 1.69. The number of sulfonamides is 1. The van der Waals surface area contributed by atoms with Gasteiger partial charge in [0, 0.05) is 18.1 Å². The Morgan fingerprint density at radius 3 is 2.35 bits per heavy atom. The second-order valence-corrected chi connectivity index (χ2v) is 8.30. The van der Waals surface area contributed by atoms with Gasteiger partial charge < -0.3 is 0 Å². The van der Waals surface area contributed by atoms with Crippen LogP contribution >= 0.6 is 11.6 Å². The van der Waals surface area contributed by atoms with Gasteiger partial charge in [0.25, 0.3) is 11.8 Å². The monoisotopic (exact) mass is 392 g/mol. The number of fused-ring (bicyclic) bond motifs is 1. The SMILES string of the molecule is Cc1ccc(S(=O)(=O)NCCN2C(=O)c3ccc(Cl)cc3C2=O)cc1C. The molecule has 26 heavy (non-hydrogen) atoms. The minimum atomic E-state index is -3.72. The predicted molar refractivity (Wildman–Crippen MR) is 97.9 cm³/mol. The van der Waals surface area contributed by atoms with Crippen molar-refractivity contribution in [3.63, 3.8) is 0 Å². The van der Waals surface area contributed by atoms with Crippen molar-refractivity contribution < 1.29 is 18.0 Å². The molecule has 1 N–H and O–H groups in total. The molecule has 0 saturated heterocycles. The van der Waals surface area contributed by atoms with Gasteiger partial charge in [-0.1, -0.05) is 17.7 Å². The van der Waals surface area contributed by atoms with E-state index in [9.17, 15) is 18.0 Å². The van der Waals surface area contributed by atoms with Crippen LogP contribution in [0.1, 0.15) is 31.8 Å². The Hall–Kier alpha value is -2.22. The molecule has 1 aliphatic heterocycles. The van der Waals surface area contributed by atoms with Crippen molar-refractivity contribution in [2.45, 2.75) is 18.7 Å². The predicted octanol–water partition coefficient (Wildman–Crippen LogP) is 2.53. The standard InChI is InChI=1S/C18H17ClN2O4S/c1-11-3-5-14(9-12(11)2)26(24,25)20-7-8-21-17(22)15-6-4-13(19)10-16(15)18(21)23/h3-6,9-10,20H,7-8H2,1-2H3. The van der Waals surface area contributed by atoms with Crippen molar-refractivity contribution in [3.05, 3.63) is 63.7 Å². The summed E-state index contributed by atoms with van der Waals surface area (Å²) >= 11 is 5.87. The van der Waals surface area contributed by atoms with Crippen LogP contribution in [0, 0.1) is 13.8 Å². The number of nitrogens with zero attached hydrogens (tertiary/aromatic N) is 1. The molecule has 136 valence electrons. The minimum Gasteiger partial charge on any atom is -0.273 e. The smallest absolute Gasteiger partial charge is 0.261 e. The van der Waals surface area contributed by atoms with Gasteiger partial charge in [-0.25, -0.2) is 13.1 Å². The lowest BCUT2D eigenvalue weighted by Gasteiger charge is -2.14. The van der Waals surface area contributed by atoms with Crippen molar-refractivity contribution in [2.75, 3.05) is 13.1 Å². The molecule has 0 radical (unpaired) electrons. The molecule has 2 aromatic rings. The summed E-state index contributed by atoms with van der Waals surface area (Å²) in [5.74, 6) is -0.926. The number of amides is 2. The van der Waals surface area contributed by atoms with Gasteiger partial charge in [0.05, 0.1) is 16.0 Å². The Kier molecular flexibility index (Phi) is 4.88. The van der Waals surface area contributed by atoms with Gasteiger partial charge in [-0.15, -0.1) is 0 Å². The molecule has 0 unspecified atom stereocenters. The highest BCUT2D eigenvalue weighted by Crippen LogP contribution is 2.25. The molecule has 0 spiro atoms. The van der Waals surface area contributed by atoms with E-state index in [-0.39, 0.29) is 29.1 Å². The van der Waals surface area contributed by atoms with Crippen LogP contribution < -0.4 is 4.72 Å². The van der Waals surface area contributed by atoms with Crippen molar-refractivity contribution in [3.8, 4) is 0 Å². The average Bonchev–Trinajstić information content (AvgIpc) is 2.81. The van der Waals surface area contributed by atoms with E-state index in [0.29, 0.717) is 5.02 Å². The van der Waals surface area contributed by atoms with Crippen molar-refractivity contribution in [1.82, 2.24) is 9.62 Å². The largest absolute Gasteiger partial charge is 0.273 e. The third kappa shape index (κ3) is 3.38. The van der Waals surface area contributed by atoms with E-state index < -0.39 is 21.8 Å². The van der Waals surface area contributed by atoms with Crippen LogP contribution in [0.3, 0.4) is 0 Å². The minimum absolute atomic E-state index is 0.0615. The second-order valence-electron chi connectivity index (χ2n) is 6.10. The molecule has 0 aliphatic carbocycles. The van der Waals surface area contributed by atoms with E-state index in [1.54, 1.807) is 12.1 Å². The first-order valence-corrected chi connectivity index (χ1v) is 9.79. The van der Waals surface area contributed by atoms with E-state index >= 15 is 0 Å². The van der Waals surface area contributed by atoms with Crippen LogP contribution in [0.2, 0.25) is 5.02 Å². The maximum atomic E-state index is 12.4. The summed E-state index contributed by atoms with van der Waals surface area (Å²) in [5.41, 5.74) is 2.37. The van der Waals surface area contributed by atoms with Crippen molar-refractivity contribution in [1.29, 1.82) is 0 Å². The Bertz CT molecular complexity index is 1020. The summed E-state index contributed by atoms with van der Waals surface area (Å²) in [4.78, 5) is 25.8. The molecule has 2 aromatic carbocycles. The number of hydrogen-bond acceptors (Lipinski definition) is 4. The van der Waals surface area contributed by atoms with Gasteiger partial charge in [0.2, 0.25) is 10.0 Å². The van der Waals surface area contributed by atoms with Crippen LogP contribution in [0.5, 0.6) is 0 Å². The highest BCUT2D eigenvalue weighted by Gasteiger charge is 2.35. The summed E-state index contributed by atoms with van der Waals surface area (Å²) in [6.07, 6.45) is 0. The summed E-state index contributed by atoms with van der Waals surface area (Å²) < 4.78 is 27.2. The van der Waals surface area contributed by atoms with Crippen LogP contribution in [-0.2, 0) is 10.0 Å². The molecule has 0 saturated carbocycles. The Morgan fingerprint density at radius 2 is 1.65 bits per heavy atom. The van der Waals surface area contributed by atoms with Gasteiger partial charge in [0.15, 0.2) is 0 Å². The van der Waals surface area contributed by atoms with Crippen LogP contribution in [-0.4, -0.2) is 38.2 Å². The molecule has 0 atom stereocenters. The fourth-order valence-corrected chi connectivity index (χ4v) is 4.00. The normalized spacial score (nSPS) is 14.0. The lowest BCUT2D eigenvalue weighted by molar-refractivity contribution is 0.0657. The first kappa shape index (κ1) is 18.6. The molecule has 6 nitrogen and oxygen atoms in total. The number of carbonyl (C=O) groups is 2. The second kappa shape index (κ2) is 6.83. The third-order valence-electron chi connectivity index (χ3n) is 4.35. The van der Waals surface area contributed by atoms with Crippen molar-refractivity contribution >= 4 is 33.4 Å². The molecule has 3 rings (SSSR count). The van der Waals surface area contributed by atoms with E-state index in [2.05, 4.69) is 4.72 Å². The average molecular weight is 393 g/mol. The molecule has 0 bridgehead atoms. The maximum Gasteiger partial charge on any atom is 0.261 e. The molecule has 8 heteroatoms. The zero-order valence-corrected chi connectivity index (χ0v) is 15.8. The lowest BCUT2D eigenvalue weighted by atomic mass is 10.1. The topological polar surface area (TPSA) is 83.6 Å². The van der Waals surface area contributed by atoms with E-state index in [0.717, 1.165) is 16.0 Å².